The Hall–Kier alpha value is -6.77. The Kier molecular flexibility index (Phi) is 12.0. The molecule has 6 aromatic heterocycles. The molecule has 276 valence electrons. The van der Waals surface area contributed by atoms with Crippen LogP contribution in [0.2, 0.25) is 5.15 Å². The summed E-state index contributed by atoms with van der Waals surface area (Å²) in [4.78, 5) is 33.4. The lowest BCUT2D eigenvalue weighted by molar-refractivity contribution is 0.629. The number of anilines is 3. The van der Waals surface area contributed by atoms with Gasteiger partial charge in [-0.2, -0.15) is 0 Å². The van der Waals surface area contributed by atoms with Gasteiger partial charge in [0.15, 0.2) is 0 Å². The van der Waals surface area contributed by atoms with Crippen molar-refractivity contribution < 1.29 is 8.78 Å². The van der Waals surface area contributed by atoms with Crippen molar-refractivity contribution in [2.75, 3.05) is 16.8 Å². The molecule has 0 amide bonds. The zero-order valence-corrected chi connectivity index (χ0v) is 30.4. The van der Waals surface area contributed by atoms with E-state index in [1.807, 2.05) is 62.4 Å². The molecule has 0 aliphatic heterocycles. The fourth-order valence-electron chi connectivity index (χ4n) is 5.54. The van der Waals surface area contributed by atoms with Crippen molar-refractivity contribution in [1.29, 1.82) is 0 Å². The Morgan fingerprint density at radius 2 is 1.13 bits per heavy atom. The molecule has 0 aliphatic rings. The summed E-state index contributed by atoms with van der Waals surface area (Å²) in [6.07, 6.45) is 6.16. The van der Waals surface area contributed by atoms with Gasteiger partial charge in [0.2, 0.25) is 0 Å². The van der Waals surface area contributed by atoms with Gasteiger partial charge in [-0.3, -0.25) is 15.0 Å². The third kappa shape index (κ3) is 9.81. The van der Waals surface area contributed by atoms with Crippen molar-refractivity contribution in [3.63, 3.8) is 0 Å². The van der Waals surface area contributed by atoms with Gasteiger partial charge in [-0.05, 0) is 86.6 Å². The molecular weight excluding hydrogens is 722 g/mol. The van der Waals surface area contributed by atoms with E-state index in [4.69, 9.17) is 33.8 Å². The van der Waals surface area contributed by atoms with Crippen molar-refractivity contribution >= 4 is 50.9 Å². The van der Waals surface area contributed by atoms with Crippen molar-refractivity contribution in [1.82, 2.24) is 39.9 Å². The Labute approximate surface area is 320 Å². The zero-order chi connectivity index (χ0) is 38.9. The molecule has 8 rings (SSSR count). The third-order valence-electron chi connectivity index (χ3n) is 8.04. The first kappa shape index (κ1) is 38.0. The highest BCUT2D eigenvalue weighted by atomic mass is 35.5. The lowest BCUT2D eigenvalue weighted by atomic mass is 10.0. The molecule has 0 saturated heterocycles. The molecule has 0 spiro atoms. The van der Waals surface area contributed by atoms with Crippen molar-refractivity contribution in [3.8, 4) is 22.5 Å². The summed E-state index contributed by atoms with van der Waals surface area (Å²) in [6.45, 7) is 3.85. The molecule has 2 aromatic carbocycles. The minimum absolute atomic E-state index is 0.189. The number of nitrogens with two attached hydrogens (primary N) is 3. The van der Waals surface area contributed by atoms with Crippen LogP contribution in [0.15, 0.2) is 122 Å². The minimum Gasteiger partial charge on any atom is -0.384 e. The maximum Gasteiger partial charge on any atom is 0.134 e. The first-order valence-corrected chi connectivity index (χ1v) is 17.3. The van der Waals surface area contributed by atoms with Gasteiger partial charge in [0.05, 0.1) is 39.9 Å². The molecule has 12 nitrogen and oxygen atoms in total. The Balaban J connectivity index is 0.000000160. The minimum atomic E-state index is -0.299. The van der Waals surface area contributed by atoms with Crippen LogP contribution < -0.4 is 22.5 Å². The normalized spacial score (nSPS) is 11.8. The van der Waals surface area contributed by atoms with Crippen LogP contribution in [0.5, 0.6) is 0 Å². The molecule has 8 aromatic rings. The molecule has 0 fully saturated rings. The average Bonchev–Trinajstić information content (AvgIpc) is 3.18. The van der Waals surface area contributed by atoms with E-state index in [1.165, 1.54) is 43.0 Å². The number of nitrogen functional groups attached to an aromatic ring is 2. The van der Waals surface area contributed by atoms with Gasteiger partial charge in [0, 0.05) is 52.5 Å². The number of benzene rings is 2. The number of hydrogen-bond donors (Lipinski definition) is 4. The zero-order valence-electron chi connectivity index (χ0n) is 29.6. The fourth-order valence-corrected chi connectivity index (χ4v) is 5.70. The number of halogens is 3. The van der Waals surface area contributed by atoms with E-state index in [0.717, 1.165) is 50.2 Å². The number of rotatable bonds is 6. The van der Waals surface area contributed by atoms with E-state index in [2.05, 4.69) is 40.2 Å². The number of nitrogens with one attached hydrogen (secondary N) is 1. The second-order valence-electron chi connectivity index (χ2n) is 12.2. The Morgan fingerprint density at radius 1 is 0.600 bits per heavy atom. The van der Waals surface area contributed by atoms with Gasteiger partial charge >= 0.3 is 0 Å². The summed E-state index contributed by atoms with van der Waals surface area (Å²) in [6, 6.07) is 27.0. The van der Waals surface area contributed by atoms with Crippen molar-refractivity contribution in [2.24, 2.45) is 5.73 Å². The highest BCUT2D eigenvalue weighted by molar-refractivity contribution is 6.29. The van der Waals surface area contributed by atoms with Gasteiger partial charge in [0.25, 0.3) is 0 Å². The monoisotopic (exact) mass is 756 g/mol. The Bertz CT molecular complexity index is 2530. The summed E-state index contributed by atoms with van der Waals surface area (Å²) < 4.78 is 27.0. The smallest absolute Gasteiger partial charge is 0.134 e. The number of pyridine rings is 4. The van der Waals surface area contributed by atoms with Gasteiger partial charge in [-0.15, -0.1) is 0 Å². The van der Waals surface area contributed by atoms with Gasteiger partial charge in [-0.25, -0.2) is 33.7 Å². The van der Waals surface area contributed by atoms with Crippen LogP contribution in [0.1, 0.15) is 37.3 Å². The van der Waals surface area contributed by atoms with Crippen molar-refractivity contribution in [2.45, 2.75) is 25.9 Å². The quantitative estimate of drug-likeness (QED) is 0.119. The molecule has 15 heteroatoms. The molecular formula is C40H35ClF2N12. The predicted octanol–water partition coefficient (Wildman–Crippen LogP) is 8.15. The standard InChI is InChI=1S/C20H17FN6.C16H14FN3.C4H4ClN3/c1-12(26-19-10-18(22)24-11-25-19)20-15(17-4-2-3-7-23-17)9-13-8-14(21)5-6-16(13)27-20;1-10(18)16-13(15-4-2-3-7-19-15)9-11-8-12(17)5-6-14(11)20-16;5-3-1-4(6)8-2-7-3/h2-12H,1H3,(H3,22,24,25,26);2-10H,18H2,1H3;1-2H,(H2,6,7,8). The van der Waals surface area contributed by atoms with Crippen LogP contribution in [0.3, 0.4) is 0 Å². The largest absolute Gasteiger partial charge is 0.384 e. The molecule has 2 unspecified atom stereocenters. The summed E-state index contributed by atoms with van der Waals surface area (Å²) >= 11 is 5.41. The van der Waals surface area contributed by atoms with Crippen LogP contribution in [-0.4, -0.2) is 39.9 Å². The van der Waals surface area contributed by atoms with Crippen LogP contribution in [0.25, 0.3) is 44.3 Å². The van der Waals surface area contributed by atoms with Crippen LogP contribution in [0.4, 0.5) is 26.2 Å². The number of fused-ring (bicyclic) bond motifs is 2. The molecule has 0 bridgehead atoms. The molecule has 6 heterocycles. The topological polar surface area (TPSA) is 193 Å². The van der Waals surface area contributed by atoms with Crippen LogP contribution >= 0.6 is 11.6 Å². The molecule has 0 aliphatic carbocycles. The average molecular weight is 757 g/mol. The summed E-state index contributed by atoms with van der Waals surface area (Å²) in [5.74, 6) is 0.797. The van der Waals surface area contributed by atoms with Gasteiger partial charge in [0.1, 0.15) is 46.9 Å². The highest BCUT2D eigenvalue weighted by Crippen LogP contribution is 2.31. The van der Waals surface area contributed by atoms with Gasteiger partial charge < -0.3 is 22.5 Å². The molecule has 55 heavy (non-hydrogen) atoms. The maximum absolute atomic E-state index is 13.7. The number of hydrogen-bond acceptors (Lipinski definition) is 12. The van der Waals surface area contributed by atoms with Crippen LogP contribution in [0, 0.1) is 11.6 Å². The molecule has 0 saturated carbocycles. The molecule has 2 atom stereocenters. The van der Waals surface area contributed by atoms with E-state index in [9.17, 15) is 8.78 Å². The molecule has 7 N–H and O–H groups in total. The second-order valence-corrected chi connectivity index (χ2v) is 12.6. The summed E-state index contributed by atoms with van der Waals surface area (Å²) in [5.41, 5.74) is 23.2. The lowest BCUT2D eigenvalue weighted by Crippen LogP contribution is -2.12. The summed E-state index contributed by atoms with van der Waals surface area (Å²) in [7, 11) is 0. The lowest BCUT2D eigenvalue weighted by Gasteiger charge is -2.18. The predicted molar refractivity (Wildman–Crippen MR) is 212 cm³/mol. The summed E-state index contributed by atoms with van der Waals surface area (Å²) in [5, 5.41) is 5.13. The highest BCUT2D eigenvalue weighted by Gasteiger charge is 2.18. The van der Waals surface area contributed by atoms with E-state index < -0.39 is 0 Å². The Morgan fingerprint density at radius 3 is 1.60 bits per heavy atom. The van der Waals surface area contributed by atoms with E-state index >= 15 is 0 Å². The van der Waals surface area contributed by atoms with Gasteiger partial charge in [-0.1, -0.05) is 23.7 Å². The second kappa shape index (κ2) is 17.4. The first-order chi connectivity index (χ1) is 26.5. The number of aromatic nitrogens is 8. The van der Waals surface area contributed by atoms with E-state index in [-0.39, 0.29) is 23.7 Å². The fraction of sp³-hybridized carbons (Fsp3) is 0.100. The third-order valence-corrected chi connectivity index (χ3v) is 8.25. The SMILES string of the molecule is CC(N)c1nc2ccc(F)cc2cc1-c1ccccn1.CC(Nc1cc(N)ncn1)c1nc2ccc(F)cc2cc1-c1ccccn1.Nc1cc(Cl)ncn1. The van der Waals surface area contributed by atoms with Crippen LogP contribution in [-0.2, 0) is 0 Å². The van der Waals surface area contributed by atoms with Crippen molar-refractivity contribution in [3.05, 3.63) is 150 Å². The first-order valence-electron chi connectivity index (χ1n) is 16.9. The molecule has 0 radical (unpaired) electrons. The van der Waals surface area contributed by atoms with E-state index in [0.29, 0.717) is 28.1 Å². The van der Waals surface area contributed by atoms with E-state index in [1.54, 1.807) is 30.6 Å². The maximum atomic E-state index is 13.7. The number of nitrogens with zero attached hydrogens (tertiary/aromatic N) is 8.